The molecule has 12 heteroatoms. The standard InChI is InChI=1S/C19H33N5O7/c1-9(2)15(20)18(30)21-6-13(26)23-16(10(3)4)19(31)24-8-11(25)5-12(24)17(29)22-7-14(27)28/h9-12,15-16,25H,5-8,20H2,1-4H3,(H,21,30)(H,22,29)(H,23,26)(H,27,28)/t11-,12+,15+,16+/m1/s1. The molecule has 1 fully saturated rings. The van der Waals surface area contributed by atoms with Crippen molar-refractivity contribution in [3.05, 3.63) is 0 Å². The minimum Gasteiger partial charge on any atom is -0.480 e. The molecule has 12 nitrogen and oxygen atoms in total. The van der Waals surface area contributed by atoms with Crippen molar-refractivity contribution in [1.82, 2.24) is 20.9 Å². The van der Waals surface area contributed by atoms with Crippen LogP contribution in [0.1, 0.15) is 34.1 Å². The quantitative estimate of drug-likeness (QED) is 0.211. The summed E-state index contributed by atoms with van der Waals surface area (Å²) >= 11 is 0. The van der Waals surface area contributed by atoms with E-state index in [1.165, 1.54) is 0 Å². The number of carboxylic acid groups (broad SMARTS) is 1. The van der Waals surface area contributed by atoms with Gasteiger partial charge in [-0.3, -0.25) is 24.0 Å². The van der Waals surface area contributed by atoms with E-state index in [1.54, 1.807) is 27.7 Å². The van der Waals surface area contributed by atoms with Crippen LogP contribution in [-0.2, 0) is 24.0 Å². The molecule has 0 aliphatic carbocycles. The fraction of sp³-hybridized carbons (Fsp3) is 0.737. The maximum Gasteiger partial charge on any atom is 0.322 e. The Morgan fingerprint density at radius 1 is 1.03 bits per heavy atom. The third-order valence-electron chi connectivity index (χ3n) is 4.97. The Balaban J connectivity index is 2.80. The molecule has 0 spiro atoms. The molecule has 1 heterocycles. The number of carbonyl (C=O) groups excluding carboxylic acids is 4. The molecule has 0 saturated carbocycles. The summed E-state index contributed by atoms with van der Waals surface area (Å²) in [4.78, 5) is 61.4. The molecule has 0 bridgehead atoms. The van der Waals surface area contributed by atoms with Crippen molar-refractivity contribution in [3.8, 4) is 0 Å². The zero-order valence-electron chi connectivity index (χ0n) is 18.3. The van der Waals surface area contributed by atoms with Gasteiger partial charge in [0.05, 0.1) is 18.7 Å². The van der Waals surface area contributed by atoms with Gasteiger partial charge in [0.2, 0.25) is 23.6 Å². The highest BCUT2D eigenvalue weighted by Gasteiger charge is 2.42. The predicted molar refractivity (Wildman–Crippen MR) is 109 cm³/mol. The maximum atomic E-state index is 13.1. The molecule has 1 aliphatic rings. The van der Waals surface area contributed by atoms with E-state index in [4.69, 9.17) is 10.8 Å². The van der Waals surface area contributed by atoms with Crippen LogP contribution in [0.25, 0.3) is 0 Å². The zero-order chi connectivity index (χ0) is 23.9. The molecule has 31 heavy (non-hydrogen) atoms. The lowest BCUT2D eigenvalue weighted by Crippen LogP contribution is -2.57. The summed E-state index contributed by atoms with van der Waals surface area (Å²) in [5, 5.41) is 25.8. The number of nitrogens with zero attached hydrogens (tertiary/aromatic N) is 1. The van der Waals surface area contributed by atoms with Crippen LogP contribution < -0.4 is 21.7 Å². The molecule has 0 aromatic heterocycles. The number of carboxylic acids is 1. The number of nitrogens with two attached hydrogens (primary N) is 1. The van der Waals surface area contributed by atoms with Crippen molar-refractivity contribution in [2.75, 3.05) is 19.6 Å². The first kappa shape index (κ1) is 26.3. The molecule has 1 saturated heterocycles. The van der Waals surface area contributed by atoms with Crippen molar-refractivity contribution in [2.45, 2.75) is 58.3 Å². The highest BCUT2D eigenvalue weighted by molar-refractivity contribution is 5.94. The number of hydrogen-bond donors (Lipinski definition) is 6. The number of aliphatic carboxylic acids is 1. The Labute approximate surface area is 180 Å². The Bertz CT molecular complexity index is 697. The second-order valence-electron chi connectivity index (χ2n) is 8.28. The van der Waals surface area contributed by atoms with Crippen molar-refractivity contribution in [2.24, 2.45) is 17.6 Å². The monoisotopic (exact) mass is 443 g/mol. The van der Waals surface area contributed by atoms with Gasteiger partial charge in [-0.2, -0.15) is 0 Å². The first-order valence-electron chi connectivity index (χ1n) is 10.2. The lowest BCUT2D eigenvalue weighted by atomic mass is 10.0. The minimum absolute atomic E-state index is 0.0426. The molecule has 0 radical (unpaired) electrons. The molecule has 4 amide bonds. The topological polar surface area (TPSA) is 191 Å². The molecular formula is C19H33N5O7. The molecule has 4 atom stereocenters. The fourth-order valence-corrected chi connectivity index (χ4v) is 3.09. The Kier molecular flexibility index (Phi) is 9.85. The third kappa shape index (κ3) is 7.79. The first-order chi connectivity index (χ1) is 14.3. The Morgan fingerprint density at radius 3 is 2.16 bits per heavy atom. The van der Waals surface area contributed by atoms with Crippen LogP contribution in [0.5, 0.6) is 0 Å². The fourth-order valence-electron chi connectivity index (χ4n) is 3.09. The molecule has 176 valence electrons. The summed E-state index contributed by atoms with van der Waals surface area (Å²) in [5.74, 6) is -4.09. The Hall–Kier alpha value is -2.73. The van der Waals surface area contributed by atoms with Crippen molar-refractivity contribution in [3.63, 3.8) is 0 Å². The molecule has 1 aliphatic heterocycles. The summed E-state index contributed by atoms with van der Waals surface area (Å²) in [6.45, 7) is 5.82. The second kappa shape index (κ2) is 11.6. The number of amides is 4. The van der Waals surface area contributed by atoms with Crippen LogP contribution in [0.2, 0.25) is 0 Å². The number of rotatable bonds is 10. The van der Waals surface area contributed by atoms with Gasteiger partial charge in [0, 0.05) is 13.0 Å². The van der Waals surface area contributed by atoms with Crippen molar-refractivity contribution < 1.29 is 34.2 Å². The van der Waals surface area contributed by atoms with E-state index in [0.717, 1.165) is 4.90 Å². The van der Waals surface area contributed by atoms with Gasteiger partial charge in [0.1, 0.15) is 18.6 Å². The van der Waals surface area contributed by atoms with E-state index in [0.29, 0.717) is 0 Å². The highest BCUT2D eigenvalue weighted by Crippen LogP contribution is 2.21. The average molecular weight is 444 g/mol. The lowest BCUT2D eigenvalue weighted by molar-refractivity contribution is -0.143. The van der Waals surface area contributed by atoms with Crippen molar-refractivity contribution in [1.29, 1.82) is 0 Å². The molecule has 1 rings (SSSR count). The van der Waals surface area contributed by atoms with E-state index in [2.05, 4.69) is 16.0 Å². The van der Waals surface area contributed by atoms with Gasteiger partial charge in [-0.15, -0.1) is 0 Å². The number of carbonyl (C=O) groups is 5. The summed E-state index contributed by atoms with van der Waals surface area (Å²) < 4.78 is 0. The molecular weight excluding hydrogens is 410 g/mol. The largest absolute Gasteiger partial charge is 0.480 e. The summed E-state index contributed by atoms with van der Waals surface area (Å²) in [7, 11) is 0. The number of aliphatic hydroxyl groups excluding tert-OH is 1. The highest BCUT2D eigenvalue weighted by atomic mass is 16.4. The van der Waals surface area contributed by atoms with Gasteiger partial charge in [0.25, 0.3) is 0 Å². The summed E-state index contributed by atoms with van der Waals surface area (Å²) in [6.07, 6.45) is -0.996. The number of nitrogens with one attached hydrogen (secondary N) is 3. The van der Waals surface area contributed by atoms with E-state index in [1.807, 2.05) is 0 Å². The van der Waals surface area contributed by atoms with Crippen LogP contribution in [0.15, 0.2) is 0 Å². The SMILES string of the molecule is CC(C)[C@H](N)C(=O)NCC(=O)N[C@H](C(=O)N1C[C@H](O)C[C@H]1C(=O)NCC(=O)O)C(C)C. The lowest BCUT2D eigenvalue weighted by Gasteiger charge is -2.30. The van der Waals surface area contributed by atoms with E-state index in [-0.39, 0.29) is 31.3 Å². The number of likely N-dealkylation sites (tertiary alicyclic amines) is 1. The normalized spacial score (nSPS) is 20.3. The minimum atomic E-state index is -1.24. The molecule has 0 unspecified atom stereocenters. The van der Waals surface area contributed by atoms with E-state index >= 15 is 0 Å². The van der Waals surface area contributed by atoms with Gasteiger partial charge in [0.15, 0.2) is 0 Å². The van der Waals surface area contributed by atoms with E-state index in [9.17, 15) is 29.1 Å². The van der Waals surface area contributed by atoms with Crippen LogP contribution in [-0.4, -0.2) is 88.6 Å². The zero-order valence-corrected chi connectivity index (χ0v) is 18.3. The van der Waals surface area contributed by atoms with E-state index < -0.39 is 60.4 Å². The Morgan fingerprint density at radius 2 is 1.65 bits per heavy atom. The smallest absolute Gasteiger partial charge is 0.322 e. The number of aliphatic hydroxyl groups is 1. The van der Waals surface area contributed by atoms with Gasteiger partial charge in [-0.25, -0.2) is 0 Å². The molecule has 0 aromatic rings. The second-order valence-corrected chi connectivity index (χ2v) is 8.28. The van der Waals surface area contributed by atoms with Gasteiger partial charge < -0.3 is 36.8 Å². The summed E-state index contributed by atoms with van der Waals surface area (Å²) in [6, 6.07) is -2.83. The first-order valence-corrected chi connectivity index (χ1v) is 10.2. The molecule has 7 N–H and O–H groups in total. The number of β-amino-alcohol motifs (C(OH)–C–C–N with tert-alkyl or cyclic N) is 1. The van der Waals surface area contributed by atoms with Gasteiger partial charge in [-0.05, 0) is 11.8 Å². The maximum absolute atomic E-state index is 13.1. The predicted octanol–water partition coefficient (Wildman–Crippen LogP) is -2.61. The van der Waals surface area contributed by atoms with Crippen LogP contribution in [0.4, 0.5) is 0 Å². The van der Waals surface area contributed by atoms with Crippen LogP contribution in [0.3, 0.4) is 0 Å². The van der Waals surface area contributed by atoms with Crippen molar-refractivity contribution >= 4 is 29.6 Å². The molecule has 0 aromatic carbocycles. The van der Waals surface area contributed by atoms with Gasteiger partial charge >= 0.3 is 5.97 Å². The summed E-state index contributed by atoms with van der Waals surface area (Å²) in [5.41, 5.74) is 5.72. The van der Waals surface area contributed by atoms with Gasteiger partial charge in [-0.1, -0.05) is 27.7 Å². The number of hydrogen-bond acceptors (Lipinski definition) is 7. The van der Waals surface area contributed by atoms with Crippen LogP contribution >= 0.6 is 0 Å². The average Bonchev–Trinajstić information content (AvgIpc) is 3.08. The van der Waals surface area contributed by atoms with Crippen LogP contribution in [0, 0.1) is 11.8 Å². The third-order valence-corrected chi connectivity index (χ3v) is 4.97.